The van der Waals surface area contributed by atoms with Crippen LogP contribution in [0.25, 0.3) is 0 Å². The van der Waals surface area contributed by atoms with E-state index < -0.39 is 20.4 Å². The fraction of sp³-hybridized carbons (Fsp3) is 0.783. The molecule has 1 N–H and O–H groups in total. The lowest BCUT2D eigenvalue weighted by Crippen LogP contribution is -2.46. The number of carboxylic acids is 1. The van der Waals surface area contributed by atoms with Gasteiger partial charge in [0, 0.05) is 0 Å². The van der Waals surface area contributed by atoms with Crippen LogP contribution < -0.4 is 0 Å². The van der Waals surface area contributed by atoms with Crippen LogP contribution in [0, 0.1) is 0 Å². The lowest BCUT2D eigenvalue weighted by Gasteiger charge is -2.38. The van der Waals surface area contributed by atoms with Gasteiger partial charge in [0.15, 0.2) is 8.32 Å². The number of carboxylic acid groups (broad SMARTS) is 1. The minimum Gasteiger partial charge on any atom is -0.479 e. The van der Waals surface area contributed by atoms with E-state index in [9.17, 15) is 9.90 Å². The summed E-state index contributed by atoms with van der Waals surface area (Å²) in [5.74, 6) is -0.805. The molecule has 0 aliphatic rings. The van der Waals surface area contributed by atoms with E-state index in [0.717, 1.165) is 25.7 Å². The van der Waals surface area contributed by atoms with Gasteiger partial charge in [-0.25, -0.2) is 4.79 Å². The number of allylic oxidation sites excluding steroid dienone is 3. The van der Waals surface area contributed by atoms with Crippen molar-refractivity contribution in [3.63, 3.8) is 0 Å². The molecule has 0 bridgehead atoms. The first-order valence-corrected chi connectivity index (χ1v) is 13.7. The van der Waals surface area contributed by atoms with Crippen molar-refractivity contribution >= 4 is 14.3 Å². The Kier molecular flexibility index (Phi) is 13.7. The van der Waals surface area contributed by atoms with Crippen molar-refractivity contribution in [2.45, 2.75) is 116 Å². The summed E-state index contributed by atoms with van der Waals surface area (Å²) in [7, 11) is -2.03. The van der Waals surface area contributed by atoms with Crippen molar-refractivity contribution in [2.75, 3.05) is 0 Å². The van der Waals surface area contributed by atoms with Gasteiger partial charge in [-0.1, -0.05) is 77.5 Å². The lowest BCUT2D eigenvalue weighted by molar-refractivity contribution is -0.146. The second-order valence-corrected chi connectivity index (χ2v) is 13.9. The molecule has 1 unspecified atom stereocenters. The Balaban J connectivity index is 3.81. The van der Waals surface area contributed by atoms with Crippen molar-refractivity contribution in [1.82, 2.24) is 0 Å². The number of aliphatic carboxylic acids is 1. The fourth-order valence-corrected chi connectivity index (χ4v) is 3.97. The summed E-state index contributed by atoms with van der Waals surface area (Å²) in [5, 5.41) is 9.52. The Morgan fingerprint density at radius 2 is 1.48 bits per heavy atom. The van der Waals surface area contributed by atoms with Crippen molar-refractivity contribution in [1.29, 1.82) is 0 Å². The number of unbranched alkanes of at least 4 members (excludes halogenated alkanes) is 8. The highest BCUT2D eigenvalue weighted by molar-refractivity contribution is 6.74. The summed E-state index contributed by atoms with van der Waals surface area (Å²) in [6.07, 6.45) is 18.2. The Morgan fingerprint density at radius 3 is 2.00 bits per heavy atom. The molecule has 0 fully saturated rings. The summed E-state index contributed by atoms with van der Waals surface area (Å²) < 4.78 is 6.10. The van der Waals surface area contributed by atoms with Crippen molar-refractivity contribution < 1.29 is 14.3 Å². The van der Waals surface area contributed by atoms with E-state index in [4.69, 9.17) is 4.43 Å². The van der Waals surface area contributed by atoms with Gasteiger partial charge in [-0.05, 0) is 50.2 Å². The molecular weight excluding hydrogens is 352 g/mol. The van der Waals surface area contributed by atoms with Crippen molar-refractivity contribution in [2.24, 2.45) is 0 Å². The van der Waals surface area contributed by atoms with Crippen LogP contribution in [0.3, 0.4) is 0 Å². The molecule has 27 heavy (non-hydrogen) atoms. The largest absolute Gasteiger partial charge is 0.479 e. The van der Waals surface area contributed by atoms with E-state index in [2.05, 4.69) is 52.6 Å². The molecule has 0 saturated heterocycles. The normalized spacial score (nSPS) is 13.8. The standard InChI is InChI=1S/C23H44O3Si/c1-7-8-9-10-11-12-13-14-15-16-17-18-19-20-21(22(24)25)26-27(5,6)23(2,3)4/h7,10-11,21H,1,8-9,12-20H2,2-6H3,(H,24,25). The zero-order valence-corrected chi connectivity index (χ0v) is 19.6. The molecule has 0 aromatic rings. The number of rotatable bonds is 16. The van der Waals surface area contributed by atoms with E-state index in [-0.39, 0.29) is 5.04 Å². The molecule has 4 heteroatoms. The molecule has 0 radical (unpaired) electrons. The molecule has 0 spiro atoms. The second kappa shape index (κ2) is 14.2. The summed E-state index contributed by atoms with van der Waals surface area (Å²) in [5.41, 5.74) is 0. The first kappa shape index (κ1) is 26.1. The van der Waals surface area contributed by atoms with Crippen LogP contribution in [-0.4, -0.2) is 25.5 Å². The smallest absolute Gasteiger partial charge is 0.331 e. The van der Waals surface area contributed by atoms with Crippen LogP contribution in [-0.2, 0) is 9.22 Å². The Labute approximate surface area is 169 Å². The molecule has 3 nitrogen and oxygen atoms in total. The van der Waals surface area contributed by atoms with Gasteiger partial charge in [0.1, 0.15) is 6.10 Å². The van der Waals surface area contributed by atoms with Crippen LogP contribution >= 0.6 is 0 Å². The van der Waals surface area contributed by atoms with Gasteiger partial charge in [-0.15, -0.1) is 6.58 Å². The van der Waals surface area contributed by atoms with Gasteiger partial charge in [0.05, 0.1) is 0 Å². The monoisotopic (exact) mass is 396 g/mol. The first-order chi connectivity index (χ1) is 12.6. The number of hydrogen-bond acceptors (Lipinski definition) is 2. The van der Waals surface area contributed by atoms with E-state index in [1.165, 1.54) is 38.5 Å². The van der Waals surface area contributed by atoms with E-state index >= 15 is 0 Å². The zero-order chi connectivity index (χ0) is 20.8. The minimum absolute atomic E-state index is 0.0432. The number of hydrogen-bond donors (Lipinski definition) is 1. The molecule has 0 rings (SSSR count). The highest BCUT2D eigenvalue weighted by atomic mass is 28.4. The number of carbonyl (C=O) groups is 1. The van der Waals surface area contributed by atoms with Crippen LogP contribution in [0.5, 0.6) is 0 Å². The second-order valence-electron chi connectivity index (χ2n) is 9.09. The molecule has 1 atom stereocenters. The minimum atomic E-state index is -2.03. The van der Waals surface area contributed by atoms with Crippen LogP contribution in [0.1, 0.15) is 91.4 Å². The average molecular weight is 397 g/mol. The first-order valence-electron chi connectivity index (χ1n) is 10.8. The molecular formula is C23H44O3Si. The maximum absolute atomic E-state index is 11.5. The van der Waals surface area contributed by atoms with E-state index in [0.29, 0.717) is 6.42 Å². The fourth-order valence-electron chi connectivity index (χ4n) is 2.69. The van der Waals surface area contributed by atoms with Gasteiger partial charge < -0.3 is 9.53 Å². The quantitative estimate of drug-likeness (QED) is 0.167. The predicted octanol–water partition coefficient (Wildman–Crippen LogP) is 7.49. The van der Waals surface area contributed by atoms with Gasteiger partial charge >= 0.3 is 5.97 Å². The van der Waals surface area contributed by atoms with Crippen LogP contribution in [0.4, 0.5) is 0 Å². The third-order valence-electron chi connectivity index (χ3n) is 5.56. The van der Waals surface area contributed by atoms with E-state index in [1.54, 1.807) is 0 Å². The summed E-state index contributed by atoms with van der Waals surface area (Å²) in [6, 6.07) is 0. The highest BCUT2D eigenvalue weighted by Gasteiger charge is 2.40. The van der Waals surface area contributed by atoms with Gasteiger partial charge in [-0.3, -0.25) is 0 Å². The van der Waals surface area contributed by atoms with Crippen LogP contribution in [0.2, 0.25) is 18.1 Å². The van der Waals surface area contributed by atoms with Gasteiger partial charge in [-0.2, -0.15) is 0 Å². The summed E-state index contributed by atoms with van der Waals surface area (Å²) in [6.45, 7) is 14.4. The molecule has 158 valence electrons. The molecule has 0 aromatic heterocycles. The predicted molar refractivity (Wildman–Crippen MR) is 120 cm³/mol. The lowest BCUT2D eigenvalue weighted by atomic mass is 10.1. The average Bonchev–Trinajstić information content (AvgIpc) is 2.56. The Morgan fingerprint density at radius 1 is 0.963 bits per heavy atom. The summed E-state index contributed by atoms with van der Waals surface area (Å²) in [4.78, 5) is 11.5. The maximum Gasteiger partial charge on any atom is 0.331 e. The summed E-state index contributed by atoms with van der Waals surface area (Å²) >= 11 is 0. The topological polar surface area (TPSA) is 46.5 Å². The Bertz CT molecular complexity index is 435. The molecule has 0 heterocycles. The van der Waals surface area contributed by atoms with Crippen molar-refractivity contribution in [3.05, 3.63) is 24.8 Å². The SMILES string of the molecule is C=CCCC=CCCCCCCCCCC(O[Si](C)(C)C(C)(C)C)C(=O)O. The van der Waals surface area contributed by atoms with Gasteiger partial charge in [0.2, 0.25) is 0 Å². The zero-order valence-electron chi connectivity index (χ0n) is 18.6. The molecule has 0 saturated carbocycles. The molecule has 0 aromatic carbocycles. The maximum atomic E-state index is 11.5. The Hall–Kier alpha value is -0.873. The molecule has 0 amide bonds. The molecule has 0 aliphatic heterocycles. The van der Waals surface area contributed by atoms with Gasteiger partial charge in [0.25, 0.3) is 0 Å². The van der Waals surface area contributed by atoms with E-state index in [1.807, 2.05) is 6.08 Å². The van der Waals surface area contributed by atoms with Crippen molar-refractivity contribution in [3.8, 4) is 0 Å². The molecule has 0 aliphatic carbocycles. The van der Waals surface area contributed by atoms with Crippen LogP contribution in [0.15, 0.2) is 24.8 Å². The third kappa shape index (κ3) is 13.0. The highest BCUT2D eigenvalue weighted by Crippen LogP contribution is 2.37. The third-order valence-corrected chi connectivity index (χ3v) is 10.0.